The Morgan fingerprint density at radius 1 is 1.25 bits per heavy atom. The minimum Gasteiger partial charge on any atom is -0.394 e. The second-order valence-corrected chi connectivity index (χ2v) is 5.33. The predicted molar refractivity (Wildman–Crippen MR) is 77.8 cm³/mol. The fourth-order valence-electron chi connectivity index (χ4n) is 2.02. The quantitative estimate of drug-likeness (QED) is 0.840. The number of nitrogens with zero attached hydrogens (tertiary/aromatic N) is 4. The summed E-state index contributed by atoms with van der Waals surface area (Å²) in [5, 5.41) is 25.1. The van der Waals surface area contributed by atoms with Crippen LogP contribution in [0.15, 0.2) is 24.4 Å². The van der Waals surface area contributed by atoms with Crippen LogP contribution in [-0.4, -0.2) is 37.7 Å². The van der Waals surface area contributed by atoms with E-state index >= 15 is 0 Å². The first-order valence-electron chi connectivity index (χ1n) is 6.82. The molecule has 0 aliphatic carbocycles. The van der Waals surface area contributed by atoms with Crippen molar-refractivity contribution in [1.29, 1.82) is 0 Å². The van der Waals surface area contributed by atoms with Gasteiger partial charge in [-0.1, -0.05) is 13.8 Å². The third-order valence-electron chi connectivity index (χ3n) is 2.94. The summed E-state index contributed by atoms with van der Waals surface area (Å²) in [6.45, 7) is 6.26. The highest BCUT2D eigenvalue weighted by Gasteiger charge is 2.10. The smallest absolute Gasteiger partial charge is 0.175 e. The molecule has 108 valence electrons. The molecule has 0 amide bonds. The fourth-order valence-corrected chi connectivity index (χ4v) is 2.02. The highest BCUT2D eigenvalue weighted by Crippen LogP contribution is 2.11. The highest BCUT2D eigenvalue weighted by molar-refractivity contribution is 5.37. The molecule has 6 heteroatoms. The lowest BCUT2D eigenvalue weighted by molar-refractivity contribution is 0.259. The van der Waals surface area contributed by atoms with Gasteiger partial charge in [0.2, 0.25) is 0 Å². The van der Waals surface area contributed by atoms with Crippen LogP contribution in [0.1, 0.15) is 26.0 Å². The van der Waals surface area contributed by atoms with E-state index in [1.165, 1.54) is 0 Å². The number of aromatic nitrogens is 4. The van der Waals surface area contributed by atoms with E-state index in [1.54, 1.807) is 4.68 Å². The van der Waals surface area contributed by atoms with Crippen molar-refractivity contribution >= 4 is 5.82 Å². The Hall–Kier alpha value is -1.95. The molecule has 0 fully saturated rings. The molecule has 0 bridgehead atoms. The van der Waals surface area contributed by atoms with Gasteiger partial charge in [0, 0.05) is 6.20 Å². The first kappa shape index (κ1) is 14.5. The maximum Gasteiger partial charge on any atom is 0.175 e. The second-order valence-electron chi connectivity index (χ2n) is 5.33. The molecule has 6 nitrogen and oxygen atoms in total. The van der Waals surface area contributed by atoms with Gasteiger partial charge in [0.1, 0.15) is 5.82 Å². The summed E-state index contributed by atoms with van der Waals surface area (Å²) in [5.41, 5.74) is 0.936. The van der Waals surface area contributed by atoms with Crippen molar-refractivity contribution in [3.63, 3.8) is 0 Å². The zero-order chi connectivity index (χ0) is 14.5. The van der Waals surface area contributed by atoms with Crippen LogP contribution in [0, 0.1) is 12.8 Å². The van der Waals surface area contributed by atoms with Crippen LogP contribution in [0.4, 0.5) is 5.82 Å². The number of rotatable bonds is 6. The first-order valence-corrected chi connectivity index (χ1v) is 6.82. The molecule has 2 rings (SSSR count). The first-order chi connectivity index (χ1) is 9.58. The number of aliphatic hydroxyl groups excluding tert-OH is 1. The van der Waals surface area contributed by atoms with E-state index in [1.807, 2.05) is 31.3 Å². The van der Waals surface area contributed by atoms with E-state index in [4.69, 9.17) is 0 Å². The maximum atomic E-state index is 9.35. The molecule has 2 aromatic rings. The van der Waals surface area contributed by atoms with Crippen molar-refractivity contribution in [1.82, 2.24) is 20.0 Å². The van der Waals surface area contributed by atoms with E-state index in [0.717, 1.165) is 12.1 Å². The molecule has 2 N–H and O–H groups in total. The number of hydrogen-bond acceptors (Lipinski definition) is 5. The fraction of sp³-hybridized carbons (Fsp3) is 0.500. The maximum absolute atomic E-state index is 9.35. The summed E-state index contributed by atoms with van der Waals surface area (Å²) < 4.78 is 1.68. The summed E-state index contributed by atoms with van der Waals surface area (Å²) in [6.07, 6.45) is 2.74. The Bertz CT molecular complexity index is 535. The van der Waals surface area contributed by atoms with Gasteiger partial charge in [-0.15, -0.1) is 10.2 Å². The monoisotopic (exact) mass is 275 g/mol. The molecule has 1 atom stereocenters. The van der Waals surface area contributed by atoms with Crippen LogP contribution in [0.25, 0.3) is 5.82 Å². The molecule has 0 aromatic carbocycles. The van der Waals surface area contributed by atoms with Crippen molar-refractivity contribution in [2.75, 3.05) is 11.9 Å². The summed E-state index contributed by atoms with van der Waals surface area (Å²) in [6, 6.07) is 5.62. The van der Waals surface area contributed by atoms with Crippen LogP contribution < -0.4 is 5.32 Å². The number of nitrogens with one attached hydrogen (secondary N) is 1. The zero-order valence-corrected chi connectivity index (χ0v) is 12.1. The lowest BCUT2D eigenvalue weighted by atomic mass is 10.0. The van der Waals surface area contributed by atoms with E-state index in [2.05, 4.69) is 34.5 Å². The van der Waals surface area contributed by atoms with Crippen LogP contribution in [0.3, 0.4) is 0 Å². The number of anilines is 1. The van der Waals surface area contributed by atoms with Crippen molar-refractivity contribution < 1.29 is 5.11 Å². The van der Waals surface area contributed by atoms with Crippen LogP contribution in [0.2, 0.25) is 0 Å². The predicted octanol–water partition coefficient (Wildman–Crippen LogP) is 1.79. The molecule has 0 saturated carbocycles. The molecule has 0 saturated heterocycles. The normalized spacial score (nSPS) is 12.7. The average molecular weight is 275 g/mol. The van der Waals surface area contributed by atoms with E-state index < -0.39 is 0 Å². The molecular formula is C14H21N5O. The van der Waals surface area contributed by atoms with Gasteiger partial charge in [-0.25, -0.2) is 4.68 Å². The van der Waals surface area contributed by atoms with Crippen molar-refractivity contribution in [2.24, 2.45) is 5.92 Å². The molecule has 20 heavy (non-hydrogen) atoms. The van der Waals surface area contributed by atoms with E-state index in [9.17, 15) is 5.11 Å². The molecule has 0 unspecified atom stereocenters. The van der Waals surface area contributed by atoms with Gasteiger partial charge in [-0.05, 0) is 37.5 Å². The Morgan fingerprint density at radius 3 is 2.55 bits per heavy atom. The van der Waals surface area contributed by atoms with Crippen LogP contribution in [0.5, 0.6) is 0 Å². The molecule has 0 radical (unpaired) electrons. The molecule has 0 spiro atoms. The van der Waals surface area contributed by atoms with Crippen molar-refractivity contribution in [3.05, 3.63) is 30.1 Å². The Kier molecular flexibility index (Phi) is 4.68. The minimum absolute atomic E-state index is 0.00194. The Labute approximate surface area is 118 Å². The van der Waals surface area contributed by atoms with Crippen LogP contribution in [-0.2, 0) is 0 Å². The SMILES string of the molecule is Cc1ccn(-c2ccc(N[C@H](CO)CC(C)C)nn2)n1. The minimum atomic E-state index is 0.00194. The molecule has 2 heterocycles. The lowest BCUT2D eigenvalue weighted by Crippen LogP contribution is -2.26. The van der Waals surface area contributed by atoms with Crippen molar-refractivity contribution in [2.45, 2.75) is 33.2 Å². The molecule has 0 aliphatic rings. The topological polar surface area (TPSA) is 75.9 Å². The number of aryl methyl sites for hydroxylation is 1. The summed E-state index contributed by atoms with van der Waals surface area (Å²) in [7, 11) is 0. The summed E-state index contributed by atoms with van der Waals surface area (Å²) in [5.74, 6) is 1.85. The second kappa shape index (κ2) is 6.47. The van der Waals surface area contributed by atoms with Gasteiger partial charge in [0.15, 0.2) is 5.82 Å². The lowest BCUT2D eigenvalue weighted by Gasteiger charge is -2.18. The highest BCUT2D eigenvalue weighted by atomic mass is 16.3. The van der Waals surface area contributed by atoms with E-state index in [-0.39, 0.29) is 12.6 Å². The molecule has 2 aromatic heterocycles. The Balaban J connectivity index is 2.04. The van der Waals surface area contributed by atoms with Gasteiger partial charge in [-0.3, -0.25) is 0 Å². The van der Waals surface area contributed by atoms with Gasteiger partial charge < -0.3 is 10.4 Å². The summed E-state index contributed by atoms with van der Waals surface area (Å²) in [4.78, 5) is 0. The van der Waals surface area contributed by atoms with Gasteiger partial charge >= 0.3 is 0 Å². The van der Waals surface area contributed by atoms with Crippen LogP contribution >= 0.6 is 0 Å². The third kappa shape index (κ3) is 3.77. The standard InChI is InChI=1S/C14H21N5O/c1-10(2)8-12(9-20)15-13-4-5-14(17-16-13)19-7-6-11(3)18-19/h4-7,10,12,20H,8-9H2,1-3H3,(H,15,16)/t12-/m0/s1. The zero-order valence-electron chi connectivity index (χ0n) is 12.1. The summed E-state index contributed by atoms with van der Waals surface area (Å²) >= 11 is 0. The molecular weight excluding hydrogens is 254 g/mol. The third-order valence-corrected chi connectivity index (χ3v) is 2.94. The van der Waals surface area contributed by atoms with Gasteiger partial charge in [-0.2, -0.15) is 5.10 Å². The Morgan fingerprint density at radius 2 is 2.05 bits per heavy atom. The number of hydrogen-bond donors (Lipinski definition) is 2. The van der Waals surface area contributed by atoms with Gasteiger partial charge in [0.05, 0.1) is 18.3 Å². The molecule has 0 aliphatic heterocycles. The number of aliphatic hydroxyl groups is 1. The average Bonchev–Trinajstić information content (AvgIpc) is 2.85. The van der Waals surface area contributed by atoms with Gasteiger partial charge in [0.25, 0.3) is 0 Å². The van der Waals surface area contributed by atoms with E-state index in [0.29, 0.717) is 17.6 Å². The largest absolute Gasteiger partial charge is 0.394 e. The van der Waals surface area contributed by atoms with Crippen molar-refractivity contribution in [3.8, 4) is 5.82 Å².